The van der Waals surface area contributed by atoms with Crippen LogP contribution in [0.2, 0.25) is 0 Å². The van der Waals surface area contributed by atoms with Crippen molar-refractivity contribution in [3.8, 4) is 5.75 Å². The summed E-state index contributed by atoms with van der Waals surface area (Å²) in [5, 5.41) is 9.09. The van der Waals surface area contributed by atoms with E-state index in [4.69, 9.17) is 14.6 Å². The molecular formula is C21H21NO5S. The number of carboxylic acids is 1. The lowest BCUT2D eigenvalue weighted by atomic mass is 10.1. The molecule has 0 bridgehead atoms. The number of aliphatic carboxylic acids is 1. The van der Waals surface area contributed by atoms with Crippen molar-refractivity contribution in [2.24, 2.45) is 0 Å². The number of carbonyl (C=O) groups excluding carboxylic acids is 1. The van der Waals surface area contributed by atoms with Crippen LogP contribution in [-0.2, 0) is 20.9 Å². The Hall–Kier alpha value is -2.93. The van der Waals surface area contributed by atoms with E-state index < -0.39 is 17.2 Å². The van der Waals surface area contributed by atoms with Gasteiger partial charge in [-0.2, -0.15) is 0 Å². The number of hydrogen-bond acceptors (Lipinski definition) is 5. The largest absolute Gasteiger partial charge is 0.496 e. The molecule has 1 heterocycles. The third kappa shape index (κ3) is 4.14. The van der Waals surface area contributed by atoms with Crippen LogP contribution in [-0.4, -0.2) is 41.6 Å². The van der Waals surface area contributed by atoms with Crippen molar-refractivity contribution in [3.63, 3.8) is 0 Å². The van der Waals surface area contributed by atoms with Gasteiger partial charge in [0.05, 0.1) is 25.5 Å². The molecule has 0 amide bonds. The maximum atomic E-state index is 12.4. The lowest BCUT2D eigenvalue weighted by Crippen LogP contribution is -2.13. The summed E-state index contributed by atoms with van der Waals surface area (Å²) in [5.41, 5.74) is 2.70. The van der Waals surface area contributed by atoms with Gasteiger partial charge >= 0.3 is 11.9 Å². The number of carbonyl (C=O) groups is 2. The topological polar surface area (TPSA) is 77.8 Å². The van der Waals surface area contributed by atoms with Gasteiger partial charge in [0.1, 0.15) is 11.0 Å². The van der Waals surface area contributed by atoms with Gasteiger partial charge in [0.15, 0.2) is 0 Å². The molecule has 0 fully saturated rings. The van der Waals surface area contributed by atoms with Crippen LogP contribution in [0.3, 0.4) is 0 Å². The number of hydrogen-bond donors (Lipinski definition) is 1. The Morgan fingerprint density at radius 2 is 1.86 bits per heavy atom. The van der Waals surface area contributed by atoms with Gasteiger partial charge in [-0.25, -0.2) is 0 Å². The summed E-state index contributed by atoms with van der Waals surface area (Å²) in [6.45, 7) is 0.613. The number of thioether (sulfide) groups is 1. The summed E-state index contributed by atoms with van der Waals surface area (Å²) in [7, 11) is 2.88. The number of esters is 1. The number of ether oxygens (including phenoxy) is 2. The Bertz CT molecular complexity index is 983. The Labute approximate surface area is 167 Å². The van der Waals surface area contributed by atoms with Gasteiger partial charge in [-0.05, 0) is 17.7 Å². The van der Waals surface area contributed by atoms with Crippen molar-refractivity contribution < 1.29 is 24.2 Å². The lowest BCUT2D eigenvalue weighted by molar-refractivity contribution is -0.140. The zero-order valence-electron chi connectivity index (χ0n) is 15.6. The Morgan fingerprint density at radius 3 is 2.50 bits per heavy atom. The normalized spacial score (nSPS) is 11.9. The molecule has 0 saturated heterocycles. The second-order valence-corrected chi connectivity index (χ2v) is 7.25. The number of benzene rings is 2. The molecular weight excluding hydrogens is 378 g/mol. The summed E-state index contributed by atoms with van der Waals surface area (Å²) in [4.78, 5) is 23.5. The summed E-state index contributed by atoms with van der Waals surface area (Å²) >= 11 is 1.03. The summed E-state index contributed by atoms with van der Waals surface area (Å²) in [6.07, 6.45) is 1.89. The smallest absolute Gasteiger partial charge is 0.323 e. The van der Waals surface area contributed by atoms with Gasteiger partial charge in [-0.1, -0.05) is 36.4 Å². The average Bonchev–Trinajstić information content (AvgIpc) is 3.07. The molecule has 0 radical (unpaired) electrons. The van der Waals surface area contributed by atoms with Crippen LogP contribution in [0.4, 0.5) is 0 Å². The standard InChI is InChI=1S/C21H21NO5S/c1-26-17-10-6-9-16-19(17)15(20(21(25)27-2)28-13-18(23)24)12-22(16)11-14-7-4-3-5-8-14/h3-10,12,20H,11,13H2,1-2H3,(H,23,24). The van der Waals surface area contributed by atoms with E-state index in [0.717, 1.165) is 28.2 Å². The molecule has 2 aromatic carbocycles. The van der Waals surface area contributed by atoms with Gasteiger partial charge in [0, 0.05) is 23.7 Å². The number of rotatable bonds is 8. The van der Waals surface area contributed by atoms with Gasteiger partial charge in [-0.3, -0.25) is 9.59 Å². The van der Waals surface area contributed by atoms with E-state index in [0.29, 0.717) is 17.9 Å². The van der Waals surface area contributed by atoms with Crippen molar-refractivity contribution in [2.75, 3.05) is 20.0 Å². The monoisotopic (exact) mass is 399 g/mol. The summed E-state index contributed by atoms with van der Waals surface area (Å²) in [5.74, 6) is -1.06. The van der Waals surface area contributed by atoms with Gasteiger partial charge < -0.3 is 19.1 Å². The SMILES string of the molecule is COC(=O)C(SCC(=O)O)c1cn(Cc2ccccc2)c2cccc(OC)c12. The van der Waals surface area contributed by atoms with E-state index in [1.54, 1.807) is 7.11 Å². The average molecular weight is 399 g/mol. The maximum absolute atomic E-state index is 12.4. The second-order valence-electron chi connectivity index (χ2n) is 6.16. The van der Waals surface area contributed by atoms with Gasteiger partial charge in [0.2, 0.25) is 0 Å². The predicted octanol–water partition coefficient (Wildman–Crippen LogP) is 3.73. The van der Waals surface area contributed by atoms with Crippen molar-refractivity contribution in [3.05, 3.63) is 65.9 Å². The van der Waals surface area contributed by atoms with E-state index in [-0.39, 0.29) is 5.75 Å². The highest BCUT2D eigenvalue weighted by molar-refractivity contribution is 8.00. The zero-order chi connectivity index (χ0) is 20.1. The Kier molecular flexibility index (Phi) is 6.26. The maximum Gasteiger partial charge on any atom is 0.323 e. The summed E-state index contributed by atoms with van der Waals surface area (Å²) in [6, 6.07) is 15.6. The van der Waals surface area contributed by atoms with Crippen molar-refractivity contribution >= 4 is 34.6 Å². The summed E-state index contributed by atoms with van der Waals surface area (Å²) < 4.78 is 12.5. The van der Waals surface area contributed by atoms with E-state index in [1.807, 2.05) is 59.3 Å². The molecule has 3 rings (SSSR count). The fourth-order valence-corrected chi connectivity index (χ4v) is 4.08. The number of fused-ring (bicyclic) bond motifs is 1. The molecule has 0 aliphatic heterocycles. The van der Waals surface area contributed by atoms with Crippen LogP contribution in [0.15, 0.2) is 54.7 Å². The third-order valence-corrected chi connectivity index (χ3v) is 5.58. The van der Waals surface area contributed by atoms with Crippen molar-refractivity contribution in [1.29, 1.82) is 0 Å². The van der Waals surface area contributed by atoms with Crippen LogP contribution >= 0.6 is 11.8 Å². The zero-order valence-corrected chi connectivity index (χ0v) is 16.4. The molecule has 28 heavy (non-hydrogen) atoms. The minimum absolute atomic E-state index is 0.208. The highest BCUT2D eigenvalue weighted by Gasteiger charge is 2.28. The molecule has 1 aromatic heterocycles. The molecule has 1 atom stereocenters. The number of nitrogens with zero attached hydrogens (tertiary/aromatic N) is 1. The molecule has 1 N–H and O–H groups in total. The molecule has 146 valence electrons. The minimum Gasteiger partial charge on any atom is -0.496 e. The number of carboxylic acid groups (broad SMARTS) is 1. The molecule has 0 aliphatic carbocycles. The van der Waals surface area contributed by atoms with Crippen LogP contribution in [0.1, 0.15) is 16.4 Å². The molecule has 3 aromatic rings. The fourth-order valence-electron chi connectivity index (χ4n) is 3.18. The molecule has 0 aliphatic rings. The first-order valence-corrected chi connectivity index (χ1v) is 9.71. The first kappa shape index (κ1) is 19.8. The highest BCUT2D eigenvalue weighted by atomic mass is 32.2. The number of methoxy groups -OCH3 is 2. The van der Waals surface area contributed by atoms with Crippen molar-refractivity contribution in [1.82, 2.24) is 4.57 Å². The number of aromatic nitrogens is 1. The minimum atomic E-state index is -0.987. The van der Waals surface area contributed by atoms with Crippen LogP contribution in [0.25, 0.3) is 10.9 Å². The molecule has 7 heteroatoms. The lowest BCUT2D eigenvalue weighted by Gasteiger charge is -2.13. The highest BCUT2D eigenvalue weighted by Crippen LogP contribution is 2.40. The first-order valence-electron chi connectivity index (χ1n) is 8.66. The Balaban J connectivity index is 2.14. The van der Waals surface area contributed by atoms with Gasteiger partial charge in [-0.15, -0.1) is 11.8 Å². The molecule has 1 unspecified atom stereocenters. The predicted molar refractivity (Wildman–Crippen MR) is 109 cm³/mol. The molecule has 0 saturated carbocycles. The van der Waals surface area contributed by atoms with Crippen LogP contribution < -0.4 is 4.74 Å². The fraction of sp³-hybridized carbons (Fsp3) is 0.238. The molecule has 0 spiro atoms. The molecule has 6 nitrogen and oxygen atoms in total. The third-order valence-electron chi connectivity index (χ3n) is 4.38. The first-order chi connectivity index (χ1) is 13.5. The van der Waals surface area contributed by atoms with Crippen molar-refractivity contribution in [2.45, 2.75) is 11.8 Å². The van der Waals surface area contributed by atoms with E-state index >= 15 is 0 Å². The second kappa shape index (κ2) is 8.84. The Morgan fingerprint density at radius 1 is 1.11 bits per heavy atom. The van der Waals surface area contributed by atoms with Gasteiger partial charge in [0.25, 0.3) is 0 Å². The van der Waals surface area contributed by atoms with E-state index in [1.165, 1.54) is 7.11 Å². The van der Waals surface area contributed by atoms with Crippen LogP contribution in [0.5, 0.6) is 5.75 Å². The quantitative estimate of drug-likeness (QED) is 0.582. The van der Waals surface area contributed by atoms with E-state index in [2.05, 4.69) is 0 Å². The van der Waals surface area contributed by atoms with Crippen LogP contribution in [0, 0.1) is 0 Å². The van der Waals surface area contributed by atoms with E-state index in [9.17, 15) is 9.59 Å².